The van der Waals surface area contributed by atoms with Crippen LogP contribution in [0.4, 0.5) is 8.78 Å². The molecule has 0 spiro atoms. The van der Waals surface area contributed by atoms with Gasteiger partial charge >= 0.3 is 6.61 Å². The molecule has 0 aliphatic rings. The maximum atomic E-state index is 12.3. The first-order chi connectivity index (χ1) is 10.5. The Morgan fingerprint density at radius 2 is 2.09 bits per heavy atom. The van der Waals surface area contributed by atoms with Crippen LogP contribution < -0.4 is 10.1 Å². The molecule has 2 rings (SSSR count). The van der Waals surface area contributed by atoms with E-state index in [4.69, 9.17) is 4.52 Å². The number of carbonyl (C=O) groups excluding carboxylic acids is 1. The van der Waals surface area contributed by atoms with E-state index in [1.807, 2.05) is 0 Å². The van der Waals surface area contributed by atoms with Crippen LogP contribution in [0, 0.1) is 13.8 Å². The van der Waals surface area contributed by atoms with Gasteiger partial charge in [0, 0.05) is 17.7 Å². The summed E-state index contributed by atoms with van der Waals surface area (Å²) in [7, 11) is 0. The number of nitrogens with zero attached hydrogens (tertiary/aromatic N) is 1. The molecule has 0 saturated heterocycles. The van der Waals surface area contributed by atoms with E-state index >= 15 is 0 Å². The highest BCUT2D eigenvalue weighted by Gasteiger charge is 2.14. The van der Waals surface area contributed by atoms with Crippen LogP contribution in [0.1, 0.15) is 22.6 Å². The molecule has 5 nitrogen and oxygen atoms in total. The highest BCUT2D eigenvalue weighted by Crippen LogP contribution is 2.20. The Labute approximate surface area is 126 Å². The van der Waals surface area contributed by atoms with Gasteiger partial charge < -0.3 is 14.6 Å². The van der Waals surface area contributed by atoms with Gasteiger partial charge in [-0.1, -0.05) is 23.4 Å². The Hall–Kier alpha value is -2.44. The Balaban J connectivity index is 1.97. The summed E-state index contributed by atoms with van der Waals surface area (Å²) in [5.41, 5.74) is 1.87. The minimum atomic E-state index is -2.90. The normalized spacial score (nSPS) is 10.8. The summed E-state index contributed by atoms with van der Waals surface area (Å²) in [5.74, 6) is 0.394. The molecule has 7 heteroatoms. The number of benzene rings is 1. The number of para-hydroxylation sites is 1. The predicted molar refractivity (Wildman–Crippen MR) is 74.6 cm³/mol. The number of hydrogen-bond acceptors (Lipinski definition) is 4. The number of hydrogen-bond donors (Lipinski definition) is 1. The molecule has 1 aromatic carbocycles. The molecule has 1 aromatic heterocycles. The van der Waals surface area contributed by atoms with E-state index < -0.39 is 6.61 Å². The molecule has 22 heavy (non-hydrogen) atoms. The first-order valence-corrected chi connectivity index (χ1v) is 6.68. The van der Waals surface area contributed by atoms with Crippen molar-refractivity contribution in [3.8, 4) is 5.75 Å². The fourth-order valence-corrected chi connectivity index (χ4v) is 2.03. The van der Waals surface area contributed by atoms with Crippen molar-refractivity contribution < 1.29 is 22.8 Å². The number of amides is 1. The second-order valence-electron chi connectivity index (χ2n) is 4.74. The van der Waals surface area contributed by atoms with Crippen molar-refractivity contribution >= 4 is 5.91 Å². The van der Waals surface area contributed by atoms with Crippen LogP contribution >= 0.6 is 0 Å². The SMILES string of the molecule is Cc1noc(C)c1CC(=O)NCc1ccccc1OC(F)F. The number of carbonyl (C=O) groups is 1. The Morgan fingerprint density at radius 3 is 2.73 bits per heavy atom. The third kappa shape index (κ3) is 4.03. The maximum Gasteiger partial charge on any atom is 0.387 e. The summed E-state index contributed by atoms with van der Waals surface area (Å²) in [6, 6.07) is 6.33. The molecule has 0 fully saturated rings. The Kier molecular flexibility index (Phi) is 5.08. The molecule has 1 heterocycles. The minimum absolute atomic E-state index is 0.0511. The summed E-state index contributed by atoms with van der Waals surface area (Å²) in [4.78, 5) is 12.0. The van der Waals surface area contributed by atoms with Crippen LogP contribution in [0.3, 0.4) is 0 Å². The van der Waals surface area contributed by atoms with E-state index in [1.165, 1.54) is 6.07 Å². The van der Waals surface area contributed by atoms with Crippen molar-refractivity contribution in [2.75, 3.05) is 0 Å². The van der Waals surface area contributed by atoms with Gasteiger partial charge in [-0.25, -0.2) is 0 Å². The van der Waals surface area contributed by atoms with Crippen LogP contribution in [0.5, 0.6) is 5.75 Å². The number of halogens is 2. The molecule has 0 atom stereocenters. The van der Waals surface area contributed by atoms with Gasteiger partial charge in [-0.15, -0.1) is 0 Å². The molecule has 118 valence electrons. The molecule has 2 aromatic rings. The van der Waals surface area contributed by atoms with E-state index in [9.17, 15) is 13.6 Å². The second kappa shape index (κ2) is 7.02. The number of alkyl halides is 2. The number of aryl methyl sites for hydroxylation is 2. The van der Waals surface area contributed by atoms with Crippen LogP contribution in [0.15, 0.2) is 28.8 Å². The van der Waals surface area contributed by atoms with Gasteiger partial charge in [-0.05, 0) is 19.9 Å². The number of ether oxygens (including phenoxy) is 1. The molecule has 0 aliphatic heterocycles. The van der Waals surface area contributed by atoms with E-state index in [2.05, 4.69) is 15.2 Å². The molecular weight excluding hydrogens is 294 g/mol. The topological polar surface area (TPSA) is 64.4 Å². The third-order valence-corrected chi connectivity index (χ3v) is 3.18. The largest absolute Gasteiger partial charge is 0.434 e. The summed E-state index contributed by atoms with van der Waals surface area (Å²) in [6.07, 6.45) is 0.124. The highest BCUT2D eigenvalue weighted by atomic mass is 19.3. The summed E-state index contributed by atoms with van der Waals surface area (Å²) < 4.78 is 34.0. The zero-order chi connectivity index (χ0) is 16.1. The average Bonchev–Trinajstić information content (AvgIpc) is 2.78. The lowest BCUT2D eigenvalue weighted by molar-refractivity contribution is -0.120. The van der Waals surface area contributed by atoms with Crippen molar-refractivity contribution in [3.05, 3.63) is 46.8 Å². The van der Waals surface area contributed by atoms with Gasteiger partial charge in [0.1, 0.15) is 11.5 Å². The first-order valence-electron chi connectivity index (χ1n) is 6.68. The van der Waals surface area contributed by atoms with Crippen molar-refractivity contribution in [1.29, 1.82) is 0 Å². The lowest BCUT2D eigenvalue weighted by atomic mass is 10.1. The highest BCUT2D eigenvalue weighted by molar-refractivity contribution is 5.79. The second-order valence-corrected chi connectivity index (χ2v) is 4.74. The van der Waals surface area contributed by atoms with Crippen molar-refractivity contribution in [1.82, 2.24) is 10.5 Å². The average molecular weight is 310 g/mol. The van der Waals surface area contributed by atoms with E-state index in [0.717, 1.165) is 5.56 Å². The lowest BCUT2D eigenvalue weighted by Crippen LogP contribution is -2.25. The van der Waals surface area contributed by atoms with Gasteiger partial charge in [0.05, 0.1) is 12.1 Å². The van der Waals surface area contributed by atoms with Crippen molar-refractivity contribution in [2.24, 2.45) is 0 Å². The summed E-state index contributed by atoms with van der Waals surface area (Å²) in [6.45, 7) is 0.684. The van der Waals surface area contributed by atoms with E-state index in [0.29, 0.717) is 17.0 Å². The smallest absolute Gasteiger partial charge is 0.387 e. The molecule has 0 saturated carbocycles. The van der Waals surface area contributed by atoms with Crippen LogP contribution in [0.2, 0.25) is 0 Å². The molecule has 0 radical (unpaired) electrons. The Morgan fingerprint density at radius 1 is 1.36 bits per heavy atom. The maximum absolute atomic E-state index is 12.3. The number of nitrogens with one attached hydrogen (secondary N) is 1. The zero-order valence-corrected chi connectivity index (χ0v) is 12.2. The van der Waals surface area contributed by atoms with Gasteiger partial charge in [0.2, 0.25) is 5.91 Å². The van der Waals surface area contributed by atoms with Crippen LogP contribution in [-0.4, -0.2) is 17.7 Å². The molecule has 0 unspecified atom stereocenters. The molecule has 1 amide bonds. The molecular formula is C15H16F2N2O3. The quantitative estimate of drug-likeness (QED) is 0.891. The zero-order valence-electron chi connectivity index (χ0n) is 12.2. The minimum Gasteiger partial charge on any atom is -0.434 e. The third-order valence-electron chi connectivity index (χ3n) is 3.18. The van der Waals surface area contributed by atoms with Crippen LogP contribution in [-0.2, 0) is 17.8 Å². The van der Waals surface area contributed by atoms with Gasteiger partial charge in [-0.3, -0.25) is 4.79 Å². The lowest BCUT2D eigenvalue weighted by Gasteiger charge is -2.11. The van der Waals surface area contributed by atoms with Crippen LogP contribution in [0.25, 0.3) is 0 Å². The monoisotopic (exact) mass is 310 g/mol. The van der Waals surface area contributed by atoms with E-state index in [-0.39, 0.29) is 24.6 Å². The molecule has 0 bridgehead atoms. The summed E-state index contributed by atoms with van der Waals surface area (Å²) >= 11 is 0. The number of rotatable bonds is 6. The van der Waals surface area contributed by atoms with Crippen molar-refractivity contribution in [2.45, 2.75) is 33.4 Å². The molecule has 0 aliphatic carbocycles. The van der Waals surface area contributed by atoms with Crippen molar-refractivity contribution in [3.63, 3.8) is 0 Å². The predicted octanol–water partition coefficient (Wildman–Crippen LogP) is 2.75. The standard InChI is InChI=1S/C15H16F2N2O3/c1-9-12(10(2)22-19-9)7-14(20)18-8-11-5-3-4-6-13(11)21-15(16)17/h3-6,15H,7-8H2,1-2H3,(H,18,20). The number of aromatic nitrogens is 1. The fraction of sp³-hybridized carbons (Fsp3) is 0.333. The van der Waals surface area contributed by atoms with Gasteiger partial charge in [0.15, 0.2) is 0 Å². The van der Waals surface area contributed by atoms with Gasteiger partial charge in [-0.2, -0.15) is 8.78 Å². The fourth-order valence-electron chi connectivity index (χ4n) is 2.03. The van der Waals surface area contributed by atoms with Gasteiger partial charge in [0.25, 0.3) is 0 Å². The van der Waals surface area contributed by atoms with E-state index in [1.54, 1.807) is 32.0 Å². The summed E-state index contributed by atoms with van der Waals surface area (Å²) in [5, 5.41) is 6.45. The molecule has 1 N–H and O–H groups in total. The first kappa shape index (κ1) is 15.9. The Bertz CT molecular complexity index is 636.